The number of rotatable bonds is 7. The standard InChI is InChI=1S/C21H25N3O2S.C4H4O4/c25-14-16-26-15-13-23-9-11-24(12-10-23)21-17-5-1-3-7-19(17)27-20-8-4-2-6-18(20)22-21;5-3(6)1-2-4(7)8/h1-8,25H,9-16H2;1-2H,(H,5,6)(H,7,8)/b;2-1+/i9D2,10D2,11D2,12D2;. The molecule has 2 aliphatic heterocycles. The number of para-hydroxylation sites is 1. The molecule has 2 heterocycles. The van der Waals surface area contributed by atoms with Gasteiger partial charge in [0.2, 0.25) is 0 Å². The lowest BCUT2D eigenvalue weighted by Crippen LogP contribution is -2.49. The number of benzene rings is 2. The number of amidine groups is 1. The van der Waals surface area contributed by atoms with Crippen LogP contribution in [0.3, 0.4) is 0 Å². The molecule has 186 valence electrons. The number of aliphatic imine (C=N–C) groups is 1. The van der Waals surface area contributed by atoms with E-state index < -0.39 is 44.5 Å². The number of fused-ring (bicyclic) bond motifs is 2. The van der Waals surface area contributed by atoms with E-state index in [4.69, 9.17) is 31.0 Å². The van der Waals surface area contributed by atoms with Crippen molar-refractivity contribution in [2.45, 2.75) is 9.79 Å². The predicted molar refractivity (Wildman–Crippen MR) is 134 cm³/mol. The van der Waals surface area contributed by atoms with E-state index in [2.05, 4.69) is 4.99 Å². The van der Waals surface area contributed by atoms with Crippen molar-refractivity contribution in [3.63, 3.8) is 0 Å². The maximum absolute atomic E-state index is 9.55. The monoisotopic (exact) mass is 507 g/mol. The highest BCUT2D eigenvalue weighted by Crippen LogP contribution is 2.40. The summed E-state index contributed by atoms with van der Waals surface area (Å²) in [6, 6.07) is 14.0. The molecule has 0 unspecified atom stereocenters. The average Bonchev–Trinajstić information content (AvgIpc) is 3.07. The third-order valence-corrected chi connectivity index (χ3v) is 5.45. The number of nitrogens with zero attached hydrogens (tertiary/aromatic N) is 3. The number of aliphatic hydroxyl groups excluding tert-OH is 1. The summed E-state index contributed by atoms with van der Waals surface area (Å²) < 4.78 is 74.9. The van der Waals surface area contributed by atoms with E-state index in [9.17, 15) is 9.59 Å². The molecule has 2 aromatic rings. The Bertz CT molecular complexity index is 1360. The van der Waals surface area contributed by atoms with Crippen molar-refractivity contribution >= 4 is 35.2 Å². The molecule has 0 atom stereocenters. The third-order valence-electron chi connectivity index (χ3n) is 4.31. The van der Waals surface area contributed by atoms with Crippen LogP contribution < -0.4 is 0 Å². The molecule has 1 fully saturated rings. The van der Waals surface area contributed by atoms with Gasteiger partial charge in [-0.25, -0.2) is 14.6 Å². The minimum absolute atomic E-state index is 0.0591. The number of hydrogen-bond acceptors (Lipinski definition) is 8. The highest BCUT2D eigenvalue weighted by atomic mass is 32.2. The lowest BCUT2D eigenvalue weighted by molar-refractivity contribution is -0.134. The summed E-state index contributed by atoms with van der Waals surface area (Å²) in [7, 11) is 0. The highest BCUT2D eigenvalue weighted by molar-refractivity contribution is 7.99. The van der Waals surface area contributed by atoms with Crippen LogP contribution in [-0.4, -0.2) is 95.2 Å². The van der Waals surface area contributed by atoms with Gasteiger partial charge in [0.25, 0.3) is 0 Å². The maximum atomic E-state index is 9.55. The fourth-order valence-electron chi connectivity index (χ4n) is 2.80. The van der Waals surface area contributed by atoms with Crippen LogP contribution in [0.1, 0.15) is 16.5 Å². The van der Waals surface area contributed by atoms with Crippen LogP contribution in [0, 0.1) is 0 Å². The number of aliphatic carboxylic acids is 2. The van der Waals surface area contributed by atoms with Crippen molar-refractivity contribution in [1.29, 1.82) is 0 Å². The van der Waals surface area contributed by atoms with E-state index in [0.717, 1.165) is 4.90 Å². The Balaban J connectivity index is 0.000000557. The fourth-order valence-corrected chi connectivity index (χ4v) is 3.82. The summed E-state index contributed by atoms with van der Waals surface area (Å²) in [6.07, 6.45) is 1.12. The lowest BCUT2D eigenvalue weighted by Gasteiger charge is -2.36. The number of ether oxygens (including phenoxy) is 1. The quantitative estimate of drug-likeness (QED) is 0.383. The smallest absolute Gasteiger partial charge is 0.328 e. The SMILES string of the molecule is O=C(O)/C=C/C(=O)O.[2H]C1([2H])N(CCOCCO)C([2H])([2H])C([2H])([2H])N(C2=Nc3ccccc3Sc3ccccc32)C1([2H])[2H]. The Morgan fingerprint density at radius 3 is 2.26 bits per heavy atom. The minimum Gasteiger partial charge on any atom is -0.478 e. The summed E-state index contributed by atoms with van der Waals surface area (Å²) in [4.78, 5) is 26.1. The van der Waals surface area contributed by atoms with Gasteiger partial charge in [-0.05, 0) is 18.2 Å². The van der Waals surface area contributed by atoms with Gasteiger partial charge in [0, 0.05) is 65.5 Å². The van der Waals surface area contributed by atoms with Crippen LogP contribution in [-0.2, 0) is 14.3 Å². The molecule has 0 spiro atoms. The first-order chi connectivity index (χ1) is 20.0. The second-order valence-corrected chi connectivity index (χ2v) is 7.87. The molecule has 3 N–H and O–H groups in total. The summed E-state index contributed by atoms with van der Waals surface area (Å²) in [6.45, 7) is -13.1. The van der Waals surface area contributed by atoms with Gasteiger partial charge in [-0.15, -0.1) is 0 Å². The number of carboxylic acid groups (broad SMARTS) is 2. The topological polar surface area (TPSA) is 123 Å². The second-order valence-electron chi connectivity index (χ2n) is 6.78. The van der Waals surface area contributed by atoms with Gasteiger partial charge in [0.05, 0.1) is 31.0 Å². The van der Waals surface area contributed by atoms with E-state index in [1.165, 1.54) is 11.8 Å². The molecular formula is C25H29N3O6S. The maximum Gasteiger partial charge on any atom is 0.328 e. The lowest BCUT2D eigenvalue weighted by atomic mass is 10.1. The third kappa shape index (κ3) is 8.22. The zero-order valence-electron chi connectivity index (χ0n) is 26.4. The first-order valence-corrected chi connectivity index (χ1v) is 11.2. The zero-order valence-corrected chi connectivity index (χ0v) is 19.2. The van der Waals surface area contributed by atoms with Gasteiger partial charge >= 0.3 is 11.9 Å². The normalized spacial score (nSPS) is 24.5. The first-order valence-electron chi connectivity index (χ1n) is 14.4. The zero-order chi connectivity index (χ0) is 32.2. The Labute approximate surface area is 219 Å². The van der Waals surface area contributed by atoms with Gasteiger partial charge in [-0.3, -0.25) is 4.90 Å². The Kier molecular flexibility index (Phi) is 6.74. The van der Waals surface area contributed by atoms with Gasteiger partial charge in [0.15, 0.2) is 0 Å². The number of carboxylic acids is 2. The van der Waals surface area contributed by atoms with E-state index in [1.807, 2.05) is 12.1 Å². The first kappa shape index (κ1) is 17.3. The molecule has 1 saturated heterocycles. The molecule has 9 nitrogen and oxygen atoms in total. The van der Waals surface area contributed by atoms with E-state index >= 15 is 0 Å². The molecule has 0 saturated carbocycles. The van der Waals surface area contributed by atoms with Crippen LogP contribution in [0.2, 0.25) is 0 Å². The van der Waals surface area contributed by atoms with Crippen LogP contribution >= 0.6 is 11.8 Å². The molecule has 4 rings (SSSR count). The van der Waals surface area contributed by atoms with Crippen molar-refractivity contribution in [3.8, 4) is 0 Å². The Morgan fingerprint density at radius 2 is 1.60 bits per heavy atom. The van der Waals surface area contributed by atoms with Crippen molar-refractivity contribution in [2.75, 3.05) is 52.4 Å². The van der Waals surface area contributed by atoms with Gasteiger partial charge in [0.1, 0.15) is 5.84 Å². The molecule has 0 aliphatic carbocycles. The average molecular weight is 508 g/mol. The van der Waals surface area contributed by atoms with Gasteiger partial charge in [-0.2, -0.15) is 0 Å². The molecule has 0 radical (unpaired) electrons. The number of aliphatic hydroxyl groups is 1. The van der Waals surface area contributed by atoms with E-state index in [1.54, 1.807) is 36.4 Å². The van der Waals surface area contributed by atoms with Gasteiger partial charge < -0.3 is 25.0 Å². The molecule has 35 heavy (non-hydrogen) atoms. The van der Waals surface area contributed by atoms with Crippen LogP contribution in [0.15, 0.2) is 75.5 Å². The largest absolute Gasteiger partial charge is 0.478 e. The summed E-state index contributed by atoms with van der Waals surface area (Å²) >= 11 is 1.37. The molecule has 0 aromatic heterocycles. The van der Waals surface area contributed by atoms with Crippen LogP contribution in [0.5, 0.6) is 0 Å². The molecule has 2 aliphatic rings. The van der Waals surface area contributed by atoms with Gasteiger partial charge in [-0.1, -0.05) is 42.1 Å². The number of hydrogen-bond donors (Lipinski definition) is 3. The van der Waals surface area contributed by atoms with Crippen molar-refractivity contribution in [3.05, 3.63) is 66.2 Å². The molecule has 0 bridgehead atoms. The predicted octanol–water partition coefficient (Wildman–Crippen LogP) is 2.57. The summed E-state index contributed by atoms with van der Waals surface area (Å²) in [5.74, 6) is -2.71. The minimum atomic E-state index is -3.05. The number of carbonyl (C=O) groups is 2. The number of piperazine rings is 1. The summed E-state index contributed by atoms with van der Waals surface area (Å²) in [5.41, 5.74) is 0.809. The fraction of sp³-hybridized carbons (Fsp3) is 0.320. The van der Waals surface area contributed by atoms with E-state index in [-0.39, 0.29) is 25.7 Å². The van der Waals surface area contributed by atoms with Crippen molar-refractivity contribution in [2.24, 2.45) is 4.99 Å². The van der Waals surface area contributed by atoms with Crippen molar-refractivity contribution in [1.82, 2.24) is 9.80 Å². The highest BCUT2D eigenvalue weighted by Gasteiger charge is 2.24. The summed E-state index contributed by atoms with van der Waals surface area (Å²) in [5, 5.41) is 24.5. The van der Waals surface area contributed by atoms with Crippen LogP contribution in [0.25, 0.3) is 0 Å². The van der Waals surface area contributed by atoms with E-state index in [0.29, 0.717) is 38.1 Å². The molecule has 10 heteroatoms. The molecule has 2 aromatic carbocycles. The Hall–Kier alpha value is -3.18. The molecular weight excluding hydrogens is 470 g/mol. The van der Waals surface area contributed by atoms with Crippen molar-refractivity contribution < 1.29 is 40.6 Å². The van der Waals surface area contributed by atoms with Crippen LogP contribution in [0.4, 0.5) is 5.69 Å². The second kappa shape index (κ2) is 13.6. The Morgan fingerprint density at radius 1 is 0.971 bits per heavy atom. The molecule has 0 amide bonds.